The molecule has 1 rings (SSSR count). The highest BCUT2D eigenvalue weighted by molar-refractivity contribution is 7.27. The Morgan fingerprint density at radius 3 is 2.76 bits per heavy atom. The van der Waals surface area contributed by atoms with E-state index in [-0.39, 0.29) is 0 Å². The summed E-state index contributed by atoms with van der Waals surface area (Å²) in [4.78, 5) is 13.5. The third-order valence-electron chi connectivity index (χ3n) is 2.55. The molecule has 1 heterocycles. The first-order chi connectivity index (χ1) is 9.35. The van der Waals surface area contributed by atoms with Crippen LogP contribution in [0.1, 0.15) is 26.3 Å². The molecular weight excluding hydrogens is 246 g/mol. The third-order valence-corrected chi connectivity index (χ3v) is 7.33. The van der Waals surface area contributed by atoms with Crippen molar-refractivity contribution in [2.75, 3.05) is 6.50 Å². The maximum Gasteiger partial charge on any atom is 0.252 e. The molecule has 0 atom stereocenters. The SMILES string of the molecule is [2H]C([2H])=CC([2H])([2H])NC(=O)c1c([Si](C)(C)C)sc(C)c1C. The highest BCUT2D eigenvalue weighted by atomic mass is 32.1. The van der Waals surface area contributed by atoms with Crippen molar-refractivity contribution in [1.29, 1.82) is 0 Å². The van der Waals surface area contributed by atoms with Gasteiger partial charge in [-0.3, -0.25) is 4.79 Å². The van der Waals surface area contributed by atoms with Crippen LogP contribution in [-0.4, -0.2) is 20.5 Å². The largest absolute Gasteiger partial charge is 0.349 e. The number of carbonyl (C=O) groups excluding carboxylic acids is 1. The first-order valence-electron chi connectivity index (χ1n) is 7.44. The fourth-order valence-corrected chi connectivity index (χ4v) is 5.24. The average Bonchev–Trinajstić information content (AvgIpc) is 2.52. The molecule has 0 aliphatic rings. The van der Waals surface area contributed by atoms with Crippen LogP contribution in [0.15, 0.2) is 12.6 Å². The van der Waals surface area contributed by atoms with Gasteiger partial charge in [0.25, 0.3) is 5.91 Å². The summed E-state index contributed by atoms with van der Waals surface area (Å²) in [6.45, 7) is 7.41. The van der Waals surface area contributed by atoms with E-state index >= 15 is 0 Å². The minimum atomic E-state index is -2.20. The predicted octanol–water partition coefficient (Wildman–Crippen LogP) is 2.83. The van der Waals surface area contributed by atoms with Crippen molar-refractivity contribution < 1.29 is 10.3 Å². The monoisotopic (exact) mass is 271 g/mol. The van der Waals surface area contributed by atoms with Gasteiger partial charge < -0.3 is 5.32 Å². The van der Waals surface area contributed by atoms with E-state index in [1.165, 1.54) is 0 Å². The Bertz CT molecular complexity index is 586. The molecule has 17 heavy (non-hydrogen) atoms. The van der Waals surface area contributed by atoms with Crippen LogP contribution in [0.2, 0.25) is 19.6 Å². The second-order valence-corrected chi connectivity index (χ2v) is 11.6. The Hall–Kier alpha value is -0.873. The number of hydrogen-bond acceptors (Lipinski definition) is 2. The van der Waals surface area contributed by atoms with Gasteiger partial charge >= 0.3 is 0 Å². The molecular formula is C13H21NOSSi. The first-order valence-corrected chi connectivity index (χ1v) is 9.76. The number of hydrogen-bond donors (Lipinski definition) is 1. The predicted molar refractivity (Wildman–Crippen MR) is 79.3 cm³/mol. The molecule has 0 aromatic carbocycles. The van der Waals surface area contributed by atoms with Crippen molar-refractivity contribution in [3.8, 4) is 0 Å². The summed E-state index contributed by atoms with van der Waals surface area (Å²) in [6.07, 6.45) is 0.771. The Labute approximate surface area is 114 Å². The zero-order chi connectivity index (χ0) is 16.6. The van der Waals surface area contributed by atoms with Crippen molar-refractivity contribution in [1.82, 2.24) is 5.32 Å². The van der Waals surface area contributed by atoms with E-state index in [9.17, 15) is 4.79 Å². The quantitative estimate of drug-likeness (QED) is 0.662. The summed E-state index contributed by atoms with van der Waals surface area (Å²) in [5.41, 5.74) is 1.44. The molecule has 1 amide bonds. The summed E-state index contributed by atoms with van der Waals surface area (Å²) in [7, 11) is -1.71. The highest BCUT2D eigenvalue weighted by Crippen LogP contribution is 2.22. The van der Waals surface area contributed by atoms with Crippen molar-refractivity contribution in [3.63, 3.8) is 0 Å². The lowest BCUT2D eigenvalue weighted by molar-refractivity contribution is 0.0959. The fourth-order valence-electron chi connectivity index (χ4n) is 1.59. The molecule has 94 valence electrons. The van der Waals surface area contributed by atoms with Gasteiger partial charge in [-0.25, -0.2) is 0 Å². The smallest absolute Gasteiger partial charge is 0.252 e. The number of amides is 1. The normalized spacial score (nSPS) is 15.4. The number of rotatable bonds is 4. The fraction of sp³-hybridized carbons (Fsp3) is 0.462. The van der Waals surface area contributed by atoms with E-state index < -0.39 is 27.0 Å². The van der Waals surface area contributed by atoms with Crippen LogP contribution in [0.25, 0.3) is 0 Å². The van der Waals surface area contributed by atoms with E-state index in [2.05, 4.69) is 25.0 Å². The maximum atomic E-state index is 12.5. The molecule has 1 aromatic rings. The summed E-state index contributed by atoms with van der Waals surface area (Å²) in [6, 6.07) is 0. The van der Waals surface area contributed by atoms with Crippen LogP contribution in [0, 0.1) is 13.8 Å². The molecule has 0 aliphatic heterocycles. The lowest BCUT2D eigenvalue weighted by Crippen LogP contribution is -2.41. The topological polar surface area (TPSA) is 29.1 Å². The van der Waals surface area contributed by atoms with Gasteiger partial charge in [-0.15, -0.1) is 17.9 Å². The van der Waals surface area contributed by atoms with Crippen molar-refractivity contribution in [3.05, 3.63) is 28.6 Å². The number of thiophene rings is 1. The molecule has 0 fully saturated rings. The second-order valence-electron chi connectivity index (χ2n) is 4.98. The molecule has 1 N–H and O–H groups in total. The zero-order valence-corrected chi connectivity index (χ0v) is 12.7. The zero-order valence-electron chi connectivity index (χ0n) is 14.9. The van der Waals surface area contributed by atoms with Gasteiger partial charge in [-0.2, -0.15) is 0 Å². The van der Waals surface area contributed by atoms with Crippen LogP contribution >= 0.6 is 11.3 Å². The van der Waals surface area contributed by atoms with Crippen molar-refractivity contribution >= 4 is 29.8 Å². The molecule has 4 heteroatoms. The van der Waals surface area contributed by atoms with Crippen LogP contribution in [0.4, 0.5) is 0 Å². The van der Waals surface area contributed by atoms with Gasteiger partial charge in [0.2, 0.25) is 0 Å². The van der Waals surface area contributed by atoms with Crippen LogP contribution in [0.3, 0.4) is 0 Å². The molecule has 0 bridgehead atoms. The molecule has 0 radical (unpaired) electrons. The van der Waals surface area contributed by atoms with Gasteiger partial charge in [0.1, 0.15) is 0 Å². The number of aryl methyl sites for hydroxylation is 1. The summed E-state index contributed by atoms with van der Waals surface area (Å²) in [5, 5.41) is 2.28. The van der Waals surface area contributed by atoms with E-state index in [0.29, 0.717) is 5.56 Å². The first kappa shape index (κ1) is 9.11. The lowest BCUT2D eigenvalue weighted by atomic mass is 10.1. The van der Waals surface area contributed by atoms with Crippen LogP contribution in [0.5, 0.6) is 0 Å². The Kier molecular flexibility index (Phi) is 2.78. The number of carbonyl (C=O) groups is 1. The summed E-state index contributed by atoms with van der Waals surface area (Å²) < 4.78 is 30.4. The molecule has 2 nitrogen and oxygen atoms in total. The van der Waals surface area contributed by atoms with E-state index in [1.807, 2.05) is 13.8 Å². The van der Waals surface area contributed by atoms with Crippen molar-refractivity contribution in [2.45, 2.75) is 33.5 Å². The van der Waals surface area contributed by atoms with Gasteiger partial charge in [-0.1, -0.05) is 25.7 Å². The lowest BCUT2D eigenvalue weighted by Gasteiger charge is -2.16. The number of nitrogens with one attached hydrogen (secondary N) is 1. The molecule has 0 aliphatic carbocycles. The molecule has 0 spiro atoms. The molecule has 1 aromatic heterocycles. The standard InChI is InChI=1S/C13H21NOSSi/c1-7-8-14-12(15)11-9(2)10(3)16-13(11)17(4,5)6/h7H,1,8H2,2-6H3,(H,14,15)/i1D2,8D2. The van der Waals surface area contributed by atoms with E-state index in [1.54, 1.807) is 11.3 Å². The minimum Gasteiger partial charge on any atom is -0.349 e. The molecule has 0 saturated carbocycles. The van der Waals surface area contributed by atoms with E-state index in [0.717, 1.165) is 21.0 Å². The van der Waals surface area contributed by atoms with Gasteiger partial charge in [0, 0.05) is 15.9 Å². The van der Waals surface area contributed by atoms with Crippen LogP contribution < -0.4 is 9.82 Å². The Morgan fingerprint density at radius 1 is 1.59 bits per heavy atom. The minimum absolute atomic E-state index is 0.475. The van der Waals surface area contributed by atoms with Gasteiger partial charge in [-0.05, 0) is 19.4 Å². The Morgan fingerprint density at radius 2 is 2.24 bits per heavy atom. The Balaban J connectivity index is 3.23. The molecule has 0 unspecified atom stereocenters. The van der Waals surface area contributed by atoms with Crippen LogP contribution in [-0.2, 0) is 0 Å². The van der Waals surface area contributed by atoms with E-state index in [4.69, 9.17) is 5.48 Å². The highest BCUT2D eigenvalue weighted by Gasteiger charge is 2.28. The second kappa shape index (κ2) is 5.19. The average molecular weight is 271 g/mol. The summed E-state index contributed by atoms with van der Waals surface area (Å²) >= 11 is 1.61. The molecule has 0 saturated heterocycles. The van der Waals surface area contributed by atoms with Crippen molar-refractivity contribution in [2.24, 2.45) is 0 Å². The maximum absolute atomic E-state index is 12.5. The summed E-state index contributed by atoms with van der Waals surface area (Å²) in [5.74, 6) is -0.475. The van der Waals surface area contributed by atoms with Gasteiger partial charge in [0.05, 0.1) is 19.1 Å². The van der Waals surface area contributed by atoms with Gasteiger partial charge in [0.15, 0.2) is 0 Å². The third kappa shape index (κ3) is 3.07.